The van der Waals surface area contributed by atoms with Gasteiger partial charge in [0.25, 0.3) is 0 Å². The molecule has 0 radical (unpaired) electrons. The lowest BCUT2D eigenvalue weighted by Crippen LogP contribution is -2.40. The predicted molar refractivity (Wildman–Crippen MR) is 108 cm³/mol. The molecule has 6 heteroatoms. The van der Waals surface area contributed by atoms with Crippen molar-refractivity contribution in [3.8, 4) is 11.1 Å². The fourth-order valence-electron chi connectivity index (χ4n) is 2.37. The lowest BCUT2D eigenvalue weighted by Gasteiger charge is -2.12. The van der Waals surface area contributed by atoms with Crippen molar-refractivity contribution in [3.63, 3.8) is 0 Å². The second kappa shape index (κ2) is 10.7. The zero-order valence-corrected chi connectivity index (χ0v) is 16.4. The Hall–Kier alpha value is -1.26. The van der Waals surface area contributed by atoms with Gasteiger partial charge in [-0.1, -0.05) is 73.3 Å². The van der Waals surface area contributed by atoms with Gasteiger partial charge in [0, 0.05) is 6.54 Å². The van der Waals surface area contributed by atoms with Gasteiger partial charge in [0.1, 0.15) is 0 Å². The molecule has 2 rings (SSSR count). The summed E-state index contributed by atoms with van der Waals surface area (Å²) >= 11 is 12.0. The number of nitrogens with two attached hydrogens (primary N) is 1. The van der Waals surface area contributed by atoms with Crippen LogP contribution in [-0.2, 0) is 11.3 Å². The van der Waals surface area contributed by atoms with E-state index in [-0.39, 0.29) is 18.3 Å². The van der Waals surface area contributed by atoms with E-state index in [1.165, 1.54) is 0 Å². The summed E-state index contributed by atoms with van der Waals surface area (Å²) in [5.74, 6) is -0.1000. The molecule has 0 aromatic heterocycles. The fraction of sp³-hybridized carbons (Fsp3) is 0.316. The van der Waals surface area contributed by atoms with E-state index in [4.69, 9.17) is 28.9 Å². The quantitative estimate of drug-likeness (QED) is 0.668. The molecule has 1 atom stereocenters. The summed E-state index contributed by atoms with van der Waals surface area (Å²) in [6.45, 7) is 2.56. The Morgan fingerprint density at radius 3 is 2.32 bits per heavy atom. The maximum absolute atomic E-state index is 11.9. The largest absolute Gasteiger partial charge is 0.351 e. The van der Waals surface area contributed by atoms with Crippen molar-refractivity contribution < 1.29 is 4.79 Å². The second-order valence-electron chi connectivity index (χ2n) is 5.79. The van der Waals surface area contributed by atoms with Crippen molar-refractivity contribution in [1.29, 1.82) is 0 Å². The molecule has 1 amide bonds. The second-order valence-corrected chi connectivity index (χ2v) is 6.61. The first-order valence-electron chi connectivity index (χ1n) is 8.09. The summed E-state index contributed by atoms with van der Waals surface area (Å²) in [5.41, 5.74) is 8.93. The average Bonchev–Trinajstić information content (AvgIpc) is 2.60. The van der Waals surface area contributed by atoms with Crippen molar-refractivity contribution >= 4 is 41.5 Å². The number of hydrogen-bond donors (Lipinski definition) is 2. The molecular weight excluding hydrogens is 379 g/mol. The number of rotatable bonds is 7. The summed E-state index contributed by atoms with van der Waals surface area (Å²) in [4.78, 5) is 11.9. The standard InChI is InChI=1S/C19H22Cl2N2O.ClH/c1-2-3-4-18(22)19(24)23-12-13-5-7-14(8-6-13)15-9-10-16(20)17(21)11-15;/h5-11,18H,2-4,12,22H2,1H3,(H,23,24);1H/t18-;/m0./s1. The molecule has 0 saturated heterocycles. The fourth-order valence-corrected chi connectivity index (χ4v) is 2.66. The number of hydrogen-bond acceptors (Lipinski definition) is 2. The number of halogens is 3. The molecular formula is C19H23Cl3N2O. The third-order valence-corrected chi connectivity index (χ3v) is 4.62. The predicted octanol–water partition coefficient (Wildman–Crippen LogP) is 5.22. The topological polar surface area (TPSA) is 55.1 Å². The molecule has 0 aliphatic rings. The molecule has 0 aliphatic carbocycles. The molecule has 2 aromatic carbocycles. The molecule has 2 aromatic rings. The molecule has 0 bridgehead atoms. The highest BCUT2D eigenvalue weighted by Crippen LogP contribution is 2.28. The van der Waals surface area contributed by atoms with Gasteiger partial charge < -0.3 is 11.1 Å². The van der Waals surface area contributed by atoms with Gasteiger partial charge in [0.05, 0.1) is 16.1 Å². The lowest BCUT2D eigenvalue weighted by atomic mass is 10.0. The molecule has 136 valence electrons. The Balaban J connectivity index is 0.00000312. The number of unbranched alkanes of at least 4 members (excludes halogenated alkanes) is 1. The minimum atomic E-state index is -0.430. The maximum Gasteiger partial charge on any atom is 0.237 e. The molecule has 3 N–H and O–H groups in total. The van der Waals surface area contributed by atoms with E-state index in [0.29, 0.717) is 16.6 Å². The van der Waals surface area contributed by atoms with Crippen LogP contribution in [0, 0.1) is 0 Å². The van der Waals surface area contributed by atoms with Crippen molar-refractivity contribution in [2.45, 2.75) is 38.8 Å². The minimum Gasteiger partial charge on any atom is -0.351 e. The van der Waals surface area contributed by atoms with E-state index >= 15 is 0 Å². The molecule has 0 saturated carbocycles. The maximum atomic E-state index is 11.9. The lowest BCUT2D eigenvalue weighted by molar-refractivity contribution is -0.122. The van der Waals surface area contributed by atoms with E-state index in [9.17, 15) is 4.79 Å². The van der Waals surface area contributed by atoms with Gasteiger partial charge in [-0.05, 0) is 35.2 Å². The molecule has 3 nitrogen and oxygen atoms in total. The number of benzene rings is 2. The number of carbonyl (C=O) groups is 1. The summed E-state index contributed by atoms with van der Waals surface area (Å²) in [7, 11) is 0. The Labute approximate surface area is 165 Å². The number of carbonyl (C=O) groups excluding carboxylic acids is 1. The third-order valence-electron chi connectivity index (χ3n) is 3.88. The smallest absolute Gasteiger partial charge is 0.237 e. The van der Waals surface area contributed by atoms with E-state index in [0.717, 1.165) is 36.0 Å². The van der Waals surface area contributed by atoms with E-state index < -0.39 is 6.04 Å². The third kappa shape index (κ3) is 6.52. The average molecular weight is 402 g/mol. The van der Waals surface area contributed by atoms with Gasteiger partial charge in [-0.3, -0.25) is 4.79 Å². The monoisotopic (exact) mass is 400 g/mol. The van der Waals surface area contributed by atoms with Crippen LogP contribution in [0.15, 0.2) is 42.5 Å². The molecule has 0 spiro atoms. The van der Waals surface area contributed by atoms with Crippen LogP contribution < -0.4 is 11.1 Å². The Morgan fingerprint density at radius 1 is 1.08 bits per heavy atom. The number of nitrogens with one attached hydrogen (secondary N) is 1. The summed E-state index contributed by atoms with van der Waals surface area (Å²) in [5, 5.41) is 3.96. The van der Waals surface area contributed by atoms with Crippen LogP contribution in [0.2, 0.25) is 10.0 Å². The first-order chi connectivity index (χ1) is 11.5. The highest BCUT2D eigenvalue weighted by atomic mass is 35.5. The zero-order chi connectivity index (χ0) is 17.5. The van der Waals surface area contributed by atoms with Crippen molar-refractivity contribution in [2.24, 2.45) is 5.73 Å². The first-order valence-corrected chi connectivity index (χ1v) is 8.84. The van der Waals surface area contributed by atoms with Crippen LogP contribution >= 0.6 is 35.6 Å². The van der Waals surface area contributed by atoms with Crippen LogP contribution in [0.3, 0.4) is 0 Å². The first kappa shape index (κ1) is 21.8. The van der Waals surface area contributed by atoms with Crippen LogP contribution in [0.4, 0.5) is 0 Å². The van der Waals surface area contributed by atoms with Crippen LogP contribution in [0.1, 0.15) is 31.7 Å². The summed E-state index contributed by atoms with van der Waals surface area (Å²) < 4.78 is 0. The Kier molecular flexibility index (Phi) is 9.30. The van der Waals surface area contributed by atoms with Gasteiger partial charge in [0.15, 0.2) is 0 Å². The molecule has 0 heterocycles. The number of amides is 1. The summed E-state index contributed by atoms with van der Waals surface area (Å²) in [6, 6.07) is 13.1. The van der Waals surface area contributed by atoms with Gasteiger partial charge in [-0.25, -0.2) is 0 Å². The molecule has 0 fully saturated rings. The Bertz CT molecular complexity index is 690. The van der Waals surface area contributed by atoms with Gasteiger partial charge >= 0.3 is 0 Å². The van der Waals surface area contributed by atoms with E-state index in [1.807, 2.05) is 36.4 Å². The minimum absolute atomic E-state index is 0. The molecule has 0 unspecified atom stereocenters. The van der Waals surface area contributed by atoms with E-state index in [2.05, 4.69) is 12.2 Å². The molecule has 25 heavy (non-hydrogen) atoms. The van der Waals surface area contributed by atoms with Crippen LogP contribution in [0.5, 0.6) is 0 Å². The van der Waals surface area contributed by atoms with E-state index in [1.54, 1.807) is 6.07 Å². The van der Waals surface area contributed by atoms with Gasteiger partial charge in [0.2, 0.25) is 5.91 Å². The normalized spacial score (nSPS) is 11.5. The van der Waals surface area contributed by atoms with Gasteiger partial charge in [-0.2, -0.15) is 0 Å². The van der Waals surface area contributed by atoms with Crippen molar-refractivity contribution in [2.75, 3.05) is 0 Å². The van der Waals surface area contributed by atoms with Crippen molar-refractivity contribution in [3.05, 3.63) is 58.1 Å². The van der Waals surface area contributed by atoms with Gasteiger partial charge in [-0.15, -0.1) is 12.4 Å². The Morgan fingerprint density at radius 2 is 1.72 bits per heavy atom. The van der Waals surface area contributed by atoms with Crippen LogP contribution in [0.25, 0.3) is 11.1 Å². The summed E-state index contributed by atoms with van der Waals surface area (Å²) in [6.07, 6.45) is 2.72. The zero-order valence-electron chi connectivity index (χ0n) is 14.1. The van der Waals surface area contributed by atoms with Crippen LogP contribution in [-0.4, -0.2) is 11.9 Å². The van der Waals surface area contributed by atoms with Crippen molar-refractivity contribution in [1.82, 2.24) is 5.32 Å². The highest BCUT2D eigenvalue weighted by Gasteiger charge is 2.12. The highest BCUT2D eigenvalue weighted by molar-refractivity contribution is 6.42. The SMILES string of the molecule is CCCC[C@H](N)C(=O)NCc1ccc(-c2ccc(Cl)c(Cl)c2)cc1.Cl. The molecule has 0 aliphatic heterocycles.